The van der Waals surface area contributed by atoms with Gasteiger partial charge in [-0.25, -0.2) is 4.98 Å². The van der Waals surface area contributed by atoms with Crippen molar-refractivity contribution in [1.29, 1.82) is 0 Å². The summed E-state index contributed by atoms with van der Waals surface area (Å²) in [5, 5.41) is 11.2. The zero-order chi connectivity index (χ0) is 21.9. The molecule has 0 radical (unpaired) electrons. The summed E-state index contributed by atoms with van der Waals surface area (Å²) in [4.78, 5) is 6.97. The van der Waals surface area contributed by atoms with E-state index in [2.05, 4.69) is 56.6 Å². The lowest BCUT2D eigenvalue weighted by Crippen LogP contribution is -2.43. The molecule has 5 rings (SSSR count). The molecule has 32 heavy (non-hydrogen) atoms. The quantitative estimate of drug-likeness (QED) is 0.458. The third-order valence-electron chi connectivity index (χ3n) is 6.16. The van der Waals surface area contributed by atoms with Gasteiger partial charge in [0.25, 0.3) is 0 Å². The lowest BCUT2D eigenvalue weighted by molar-refractivity contribution is 0.301. The molecule has 4 heterocycles. The Labute approximate surface area is 188 Å². The first-order valence-electron chi connectivity index (χ1n) is 11.3. The van der Waals surface area contributed by atoms with Crippen molar-refractivity contribution in [2.24, 2.45) is 0 Å². The highest BCUT2D eigenvalue weighted by Crippen LogP contribution is 2.23. The fourth-order valence-corrected chi connectivity index (χ4v) is 4.38. The standard InChI is InChI=1S/C25H30N6O/c1-18-14-25(29-28-18)30-12-9-21(10-13-30)26-19(2)20-6-5-7-23(15-20)32-17-22-16-31-11-4-3-8-24(31)27-22/h3-8,11,14-16,19,21,26H,9-10,12-13,17H2,1-2H3,(H,28,29). The van der Waals surface area contributed by atoms with Crippen molar-refractivity contribution in [3.63, 3.8) is 0 Å². The van der Waals surface area contributed by atoms with E-state index in [1.54, 1.807) is 0 Å². The molecule has 1 unspecified atom stereocenters. The molecule has 1 aliphatic heterocycles. The summed E-state index contributed by atoms with van der Waals surface area (Å²) in [5.74, 6) is 1.93. The Kier molecular flexibility index (Phi) is 5.81. The van der Waals surface area contributed by atoms with Crippen molar-refractivity contribution in [2.45, 2.75) is 45.4 Å². The number of fused-ring (bicyclic) bond motifs is 1. The molecule has 1 aliphatic rings. The number of imidazole rings is 1. The molecular formula is C25H30N6O. The molecule has 2 N–H and O–H groups in total. The van der Waals surface area contributed by atoms with Crippen LogP contribution in [-0.4, -0.2) is 38.7 Å². The Morgan fingerprint density at radius 2 is 2.03 bits per heavy atom. The molecule has 7 nitrogen and oxygen atoms in total. The lowest BCUT2D eigenvalue weighted by atomic mass is 10.0. The van der Waals surface area contributed by atoms with Crippen molar-refractivity contribution in [3.05, 3.63) is 77.9 Å². The number of aromatic amines is 1. The van der Waals surface area contributed by atoms with Crippen LogP contribution in [0, 0.1) is 6.92 Å². The van der Waals surface area contributed by atoms with Crippen LogP contribution >= 0.6 is 0 Å². The van der Waals surface area contributed by atoms with E-state index >= 15 is 0 Å². The van der Waals surface area contributed by atoms with Gasteiger partial charge in [-0.1, -0.05) is 18.2 Å². The fourth-order valence-electron chi connectivity index (χ4n) is 4.38. The Hall–Kier alpha value is -3.32. The van der Waals surface area contributed by atoms with Crippen LogP contribution in [0.4, 0.5) is 5.82 Å². The van der Waals surface area contributed by atoms with Crippen LogP contribution in [0.3, 0.4) is 0 Å². The van der Waals surface area contributed by atoms with E-state index in [1.165, 1.54) is 5.56 Å². The second kappa shape index (κ2) is 9.04. The summed E-state index contributed by atoms with van der Waals surface area (Å²) in [6, 6.07) is 17.2. The molecule has 166 valence electrons. The van der Waals surface area contributed by atoms with Gasteiger partial charge in [-0.15, -0.1) is 0 Å². The number of anilines is 1. The summed E-state index contributed by atoms with van der Waals surface area (Å²) >= 11 is 0. The van der Waals surface area contributed by atoms with Crippen molar-refractivity contribution < 1.29 is 4.74 Å². The zero-order valence-electron chi connectivity index (χ0n) is 18.7. The molecule has 0 bridgehead atoms. The minimum Gasteiger partial charge on any atom is -0.487 e. The number of benzene rings is 1. The van der Waals surface area contributed by atoms with E-state index < -0.39 is 0 Å². The average Bonchev–Trinajstić information content (AvgIpc) is 3.44. The smallest absolute Gasteiger partial charge is 0.150 e. The number of nitrogens with one attached hydrogen (secondary N) is 2. The molecule has 1 aromatic carbocycles. The van der Waals surface area contributed by atoms with Crippen molar-refractivity contribution in [1.82, 2.24) is 24.9 Å². The normalized spacial score (nSPS) is 15.9. The third kappa shape index (κ3) is 4.62. The minimum atomic E-state index is 0.262. The Morgan fingerprint density at radius 3 is 2.81 bits per heavy atom. The maximum absolute atomic E-state index is 6.05. The maximum atomic E-state index is 6.05. The highest BCUT2D eigenvalue weighted by molar-refractivity contribution is 5.40. The van der Waals surface area contributed by atoms with E-state index in [4.69, 9.17) is 4.74 Å². The predicted molar refractivity (Wildman–Crippen MR) is 126 cm³/mol. The van der Waals surface area contributed by atoms with E-state index in [9.17, 15) is 0 Å². The first-order chi connectivity index (χ1) is 15.6. The molecule has 0 amide bonds. The minimum absolute atomic E-state index is 0.262. The van der Waals surface area contributed by atoms with Crippen LogP contribution in [0.2, 0.25) is 0 Å². The summed E-state index contributed by atoms with van der Waals surface area (Å²) in [7, 11) is 0. The highest BCUT2D eigenvalue weighted by Gasteiger charge is 2.22. The molecule has 0 aliphatic carbocycles. The number of aromatic nitrogens is 4. The second-order valence-corrected chi connectivity index (χ2v) is 8.62. The van der Waals surface area contributed by atoms with Gasteiger partial charge in [-0.3, -0.25) is 5.10 Å². The van der Waals surface area contributed by atoms with Crippen LogP contribution < -0.4 is 15.0 Å². The number of ether oxygens (including phenoxy) is 1. The summed E-state index contributed by atoms with van der Waals surface area (Å²) in [6.45, 7) is 6.78. The Bertz CT molecular complexity index is 1140. The summed E-state index contributed by atoms with van der Waals surface area (Å²) in [5.41, 5.74) is 4.21. The number of aryl methyl sites for hydroxylation is 1. The highest BCUT2D eigenvalue weighted by atomic mass is 16.5. The summed E-state index contributed by atoms with van der Waals surface area (Å²) < 4.78 is 8.06. The van der Waals surface area contributed by atoms with Crippen molar-refractivity contribution in [2.75, 3.05) is 18.0 Å². The number of rotatable bonds is 7. The van der Waals surface area contributed by atoms with Crippen LogP contribution in [0.15, 0.2) is 60.9 Å². The van der Waals surface area contributed by atoms with E-state index in [-0.39, 0.29) is 6.04 Å². The van der Waals surface area contributed by atoms with Gasteiger partial charge in [0.2, 0.25) is 0 Å². The second-order valence-electron chi connectivity index (χ2n) is 8.62. The number of hydrogen-bond donors (Lipinski definition) is 2. The van der Waals surface area contributed by atoms with Crippen LogP contribution in [-0.2, 0) is 6.61 Å². The molecule has 7 heteroatoms. The van der Waals surface area contributed by atoms with Crippen molar-refractivity contribution in [3.8, 4) is 5.75 Å². The SMILES string of the molecule is Cc1cc(N2CCC(NC(C)c3cccc(OCc4cn5ccccc5n4)c3)CC2)n[nH]1. The number of pyridine rings is 1. The number of hydrogen-bond acceptors (Lipinski definition) is 5. The Balaban J connectivity index is 1.15. The molecular weight excluding hydrogens is 400 g/mol. The van der Waals surface area contributed by atoms with Gasteiger partial charge in [0.15, 0.2) is 5.82 Å². The maximum Gasteiger partial charge on any atom is 0.150 e. The molecule has 3 aromatic heterocycles. The molecule has 1 fully saturated rings. The van der Waals surface area contributed by atoms with Gasteiger partial charge in [0.1, 0.15) is 18.0 Å². The number of piperidine rings is 1. The Morgan fingerprint density at radius 1 is 1.16 bits per heavy atom. The first-order valence-corrected chi connectivity index (χ1v) is 11.3. The monoisotopic (exact) mass is 430 g/mol. The molecule has 0 saturated carbocycles. The zero-order valence-corrected chi connectivity index (χ0v) is 18.7. The van der Waals surface area contributed by atoms with Gasteiger partial charge in [-0.2, -0.15) is 5.10 Å². The lowest BCUT2D eigenvalue weighted by Gasteiger charge is -2.34. The number of nitrogens with zero attached hydrogens (tertiary/aromatic N) is 4. The van der Waals surface area contributed by atoms with Crippen LogP contribution in [0.25, 0.3) is 5.65 Å². The fraction of sp³-hybridized carbons (Fsp3) is 0.360. The molecule has 4 aromatic rings. The van der Waals surface area contributed by atoms with Crippen LogP contribution in [0.5, 0.6) is 5.75 Å². The topological polar surface area (TPSA) is 70.5 Å². The van der Waals surface area contributed by atoms with Gasteiger partial charge in [0, 0.05) is 49.3 Å². The average molecular weight is 431 g/mol. The largest absolute Gasteiger partial charge is 0.487 e. The van der Waals surface area contributed by atoms with Crippen molar-refractivity contribution >= 4 is 11.5 Å². The van der Waals surface area contributed by atoms with E-state index in [0.29, 0.717) is 12.6 Å². The molecule has 1 atom stereocenters. The third-order valence-corrected chi connectivity index (χ3v) is 6.16. The molecule has 0 spiro atoms. The molecule has 1 saturated heterocycles. The first kappa shape index (κ1) is 20.6. The predicted octanol–water partition coefficient (Wildman–Crippen LogP) is 4.26. The summed E-state index contributed by atoms with van der Waals surface area (Å²) in [6.07, 6.45) is 6.24. The van der Waals surface area contributed by atoms with E-state index in [0.717, 1.165) is 54.5 Å². The van der Waals surface area contributed by atoms with Gasteiger partial charge >= 0.3 is 0 Å². The van der Waals surface area contributed by atoms with Gasteiger partial charge < -0.3 is 19.4 Å². The van der Waals surface area contributed by atoms with Crippen LogP contribution in [0.1, 0.15) is 42.8 Å². The van der Waals surface area contributed by atoms with Gasteiger partial charge in [-0.05, 0) is 56.5 Å². The van der Waals surface area contributed by atoms with Gasteiger partial charge in [0.05, 0.1) is 5.69 Å². The number of H-pyrrole nitrogens is 1. The van der Waals surface area contributed by atoms with E-state index in [1.807, 2.05) is 48.0 Å².